The largest absolute Gasteiger partial charge is 0.481 e. The van der Waals surface area contributed by atoms with Crippen LogP contribution in [-0.4, -0.2) is 20.9 Å². The lowest BCUT2D eigenvalue weighted by molar-refractivity contribution is -0.136. The zero-order valence-electron chi connectivity index (χ0n) is 13.3. The van der Waals surface area contributed by atoms with Gasteiger partial charge in [-0.3, -0.25) is 4.79 Å². The van der Waals surface area contributed by atoms with Gasteiger partial charge < -0.3 is 5.11 Å². The summed E-state index contributed by atoms with van der Waals surface area (Å²) in [5.74, 6) is -0.850. The molecule has 116 valence electrons. The Labute approximate surface area is 131 Å². The number of aromatic nitrogens is 2. The van der Waals surface area contributed by atoms with Crippen LogP contribution in [0.1, 0.15) is 41.0 Å². The van der Waals surface area contributed by atoms with Crippen LogP contribution in [0, 0.1) is 0 Å². The molecule has 0 fully saturated rings. The van der Waals surface area contributed by atoms with Gasteiger partial charge in [-0.05, 0) is 38.0 Å². The van der Waals surface area contributed by atoms with Gasteiger partial charge in [0.05, 0.1) is 23.3 Å². The van der Waals surface area contributed by atoms with Crippen LogP contribution in [0.2, 0.25) is 5.02 Å². The Morgan fingerprint density at radius 2 is 2.00 bits per heavy atom. The average Bonchev–Trinajstić information content (AvgIpc) is 2.84. The van der Waals surface area contributed by atoms with Crippen molar-refractivity contribution in [1.82, 2.24) is 9.78 Å². The molecule has 0 aliphatic carbocycles. The van der Waals surface area contributed by atoms with E-state index in [0.717, 1.165) is 16.7 Å². The number of carboxylic acid groups (broad SMARTS) is 1. The molecule has 21 heavy (non-hydrogen) atoms. The normalized spacial score (nSPS) is 10.5. The maximum absolute atomic E-state index is 10.9. The number of nitrogens with zero attached hydrogens (tertiary/aromatic N) is 2. The van der Waals surface area contributed by atoms with Gasteiger partial charge in [-0.25, -0.2) is 4.68 Å². The highest BCUT2D eigenvalue weighted by molar-refractivity contribution is 6.30. The third-order valence-corrected chi connectivity index (χ3v) is 2.83. The predicted molar refractivity (Wildman–Crippen MR) is 88.3 cm³/mol. The Hall–Kier alpha value is -1.81. The van der Waals surface area contributed by atoms with E-state index in [1.54, 1.807) is 17.0 Å². The number of aliphatic carboxylic acids is 1. The molecule has 0 atom stereocenters. The van der Waals surface area contributed by atoms with E-state index in [1.807, 2.05) is 34.6 Å². The minimum absolute atomic E-state index is 0.00217. The molecule has 0 aliphatic heterocycles. The Morgan fingerprint density at radius 3 is 2.38 bits per heavy atom. The second-order valence-corrected chi connectivity index (χ2v) is 4.91. The molecule has 1 aromatic rings. The third-order valence-electron chi connectivity index (χ3n) is 2.64. The molecule has 0 bridgehead atoms. The Balaban J connectivity index is 0.00000191. The number of halogens is 1. The molecular weight excluding hydrogens is 288 g/mol. The van der Waals surface area contributed by atoms with Crippen molar-refractivity contribution >= 4 is 23.3 Å². The highest BCUT2D eigenvalue weighted by Crippen LogP contribution is 2.21. The standard InChI is InChI=1S/C14H17ClN2O2.C2H6/c1-9(2)13(6-14(18)19)10(3)5-11(4)17-8-12(15)7-16-17;1-2/h5,7-8H,4,6H2,1-3H3,(H,18,19);1-2H3/b10-5-;. The van der Waals surface area contributed by atoms with E-state index in [4.69, 9.17) is 16.7 Å². The summed E-state index contributed by atoms with van der Waals surface area (Å²) in [6.07, 6.45) is 4.97. The number of hydrogen-bond acceptors (Lipinski definition) is 2. The van der Waals surface area contributed by atoms with Crippen LogP contribution < -0.4 is 0 Å². The fourth-order valence-corrected chi connectivity index (χ4v) is 1.86. The smallest absolute Gasteiger partial charge is 0.307 e. The molecule has 1 rings (SSSR count). The van der Waals surface area contributed by atoms with E-state index in [2.05, 4.69) is 11.7 Å². The second-order valence-electron chi connectivity index (χ2n) is 4.47. The van der Waals surface area contributed by atoms with Crippen molar-refractivity contribution in [1.29, 1.82) is 0 Å². The first kappa shape index (κ1) is 19.2. The van der Waals surface area contributed by atoms with Crippen molar-refractivity contribution in [3.63, 3.8) is 0 Å². The highest BCUT2D eigenvalue weighted by atomic mass is 35.5. The fourth-order valence-electron chi connectivity index (χ4n) is 1.72. The van der Waals surface area contributed by atoms with Crippen molar-refractivity contribution in [3.8, 4) is 0 Å². The number of rotatable bonds is 5. The Morgan fingerprint density at radius 1 is 1.43 bits per heavy atom. The van der Waals surface area contributed by atoms with Crippen LogP contribution in [0.15, 0.2) is 41.8 Å². The van der Waals surface area contributed by atoms with Crippen molar-refractivity contribution < 1.29 is 9.90 Å². The fraction of sp³-hybridized carbons (Fsp3) is 0.375. The minimum Gasteiger partial charge on any atom is -0.481 e. The first-order chi connectivity index (χ1) is 9.81. The van der Waals surface area contributed by atoms with E-state index < -0.39 is 5.97 Å². The summed E-state index contributed by atoms with van der Waals surface area (Å²) in [5.41, 5.74) is 3.27. The lowest BCUT2D eigenvalue weighted by Gasteiger charge is -2.09. The van der Waals surface area contributed by atoms with Crippen LogP contribution >= 0.6 is 11.6 Å². The molecule has 0 aromatic carbocycles. The molecule has 0 saturated carbocycles. The maximum Gasteiger partial charge on any atom is 0.307 e. The number of carboxylic acids is 1. The molecule has 0 unspecified atom stereocenters. The molecule has 1 aromatic heterocycles. The molecular formula is C16H23ClN2O2. The van der Waals surface area contributed by atoms with Crippen molar-refractivity contribution in [3.05, 3.63) is 46.8 Å². The first-order valence-corrected chi connectivity index (χ1v) is 7.15. The van der Waals surface area contributed by atoms with Crippen LogP contribution in [0.25, 0.3) is 5.70 Å². The van der Waals surface area contributed by atoms with E-state index >= 15 is 0 Å². The summed E-state index contributed by atoms with van der Waals surface area (Å²) >= 11 is 5.79. The third kappa shape index (κ3) is 6.45. The summed E-state index contributed by atoms with van der Waals surface area (Å²) in [4.78, 5) is 10.9. The van der Waals surface area contributed by atoms with E-state index in [0.29, 0.717) is 10.7 Å². The Kier molecular flexibility index (Phi) is 8.39. The zero-order valence-corrected chi connectivity index (χ0v) is 14.0. The molecule has 1 N–H and O–H groups in total. The van der Waals surface area contributed by atoms with Crippen molar-refractivity contribution in [2.24, 2.45) is 0 Å². The summed E-state index contributed by atoms with van der Waals surface area (Å²) in [6, 6.07) is 0. The number of allylic oxidation sites excluding steroid dienone is 4. The summed E-state index contributed by atoms with van der Waals surface area (Å²) in [5, 5.41) is 13.5. The van der Waals surface area contributed by atoms with Gasteiger partial charge in [0, 0.05) is 6.20 Å². The molecule has 1 heterocycles. The number of hydrogen-bond donors (Lipinski definition) is 1. The maximum atomic E-state index is 10.9. The molecule has 5 heteroatoms. The topological polar surface area (TPSA) is 55.1 Å². The van der Waals surface area contributed by atoms with E-state index in [9.17, 15) is 4.79 Å². The Bertz CT molecular complexity index is 565. The average molecular weight is 311 g/mol. The van der Waals surface area contributed by atoms with Gasteiger partial charge in [-0.1, -0.05) is 37.6 Å². The zero-order chi connectivity index (χ0) is 16.6. The van der Waals surface area contributed by atoms with Crippen LogP contribution in [0.5, 0.6) is 0 Å². The molecule has 4 nitrogen and oxygen atoms in total. The van der Waals surface area contributed by atoms with Gasteiger partial charge in [0.2, 0.25) is 0 Å². The highest BCUT2D eigenvalue weighted by Gasteiger charge is 2.09. The van der Waals surface area contributed by atoms with Crippen LogP contribution in [-0.2, 0) is 4.79 Å². The van der Waals surface area contributed by atoms with Gasteiger partial charge in [0.25, 0.3) is 0 Å². The summed E-state index contributed by atoms with van der Waals surface area (Å²) < 4.78 is 1.55. The monoisotopic (exact) mass is 310 g/mol. The second kappa shape index (κ2) is 9.19. The molecule has 0 spiro atoms. The van der Waals surface area contributed by atoms with Crippen LogP contribution in [0.3, 0.4) is 0 Å². The minimum atomic E-state index is -0.850. The SMILES string of the molecule is C=C(/C=C(/C)C(CC(=O)O)=C(C)C)n1cc(Cl)cn1.CC. The summed E-state index contributed by atoms with van der Waals surface area (Å²) in [6.45, 7) is 13.5. The molecule has 0 radical (unpaired) electrons. The van der Waals surface area contributed by atoms with Crippen LogP contribution in [0.4, 0.5) is 0 Å². The van der Waals surface area contributed by atoms with Gasteiger partial charge in [-0.15, -0.1) is 0 Å². The lowest BCUT2D eigenvalue weighted by atomic mass is 9.99. The van der Waals surface area contributed by atoms with Gasteiger partial charge in [-0.2, -0.15) is 5.10 Å². The summed E-state index contributed by atoms with van der Waals surface area (Å²) in [7, 11) is 0. The van der Waals surface area contributed by atoms with E-state index in [1.165, 1.54) is 6.20 Å². The van der Waals surface area contributed by atoms with Gasteiger partial charge in [0.15, 0.2) is 0 Å². The lowest BCUT2D eigenvalue weighted by Crippen LogP contribution is -2.01. The molecule has 0 amide bonds. The first-order valence-electron chi connectivity index (χ1n) is 6.77. The van der Waals surface area contributed by atoms with E-state index in [-0.39, 0.29) is 6.42 Å². The van der Waals surface area contributed by atoms with Crippen molar-refractivity contribution in [2.45, 2.75) is 41.0 Å². The molecule has 0 aliphatic rings. The van der Waals surface area contributed by atoms with Crippen molar-refractivity contribution in [2.75, 3.05) is 0 Å². The molecule has 0 saturated heterocycles. The van der Waals surface area contributed by atoms with Gasteiger partial charge in [0.1, 0.15) is 0 Å². The predicted octanol–water partition coefficient (Wildman–Crippen LogP) is 4.79. The number of carbonyl (C=O) groups is 1. The van der Waals surface area contributed by atoms with Gasteiger partial charge >= 0.3 is 5.97 Å². The quantitative estimate of drug-likeness (QED) is 0.795.